The van der Waals surface area contributed by atoms with Crippen molar-refractivity contribution >= 4 is 16.5 Å². The van der Waals surface area contributed by atoms with E-state index in [2.05, 4.69) is 4.98 Å². The summed E-state index contributed by atoms with van der Waals surface area (Å²) in [6.45, 7) is 0.239. The van der Waals surface area contributed by atoms with Gasteiger partial charge in [-0.15, -0.1) is 0 Å². The molecule has 21 heavy (non-hydrogen) atoms. The third kappa shape index (κ3) is 2.81. The number of rotatable bonds is 4. The van der Waals surface area contributed by atoms with E-state index in [9.17, 15) is 10.1 Å². The maximum Gasteiger partial charge on any atom is 0.330 e. The van der Waals surface area contributed by atoms with Crippen molar-refractivity contribution in [3.05, 3.63) is 76.5 Å². The van der Waals surface area contributed by atoms with Crippen LogP contribution in [-0.2, 0) is 6.61 Å². The molecule has 3 aromatic rings. The summed E-state index contributed by atoms with van der Waals surface area (Å²) in [7, 11) is 0. The molecule has 0 unspecified atom stereocenters. The number of hydrogen-bond donors (Lipinski definition) is 0. The zero-order valence-corrected chi connectivity index (χ0v) is 11.1. The van der Waals surface area contributed by atoms with Crippen LogP contribution in [0.3, 0.4) is 0 Å². The third-order valence-corrected chi connectivity index (χ3v) is 3.14. The number of nitro groups is 1. The topological polar surface area (TPSA) is 65.3 Å². The van der Waals surface area contributed by atoms with Crippen LogP contribution < -0.4 is 4.74 Å². The van der Waals surface area contributed by atoms with Crippen LogP contribution in [0, 0.1) is 10.1 Å². The maximum atomic E-state index is 10.9. The van der Waals surface area contributed by atoms with Gasteiger partial charge in [0.2, 0.25) is 0 Å². The average molecular weight is 280 g/mol. The maximum absolute atomic E-state index is 10.9. The van der Waals surface area contributed by atoms with Crippen molar-refractivity contribution in [3.63, 3.8) is 0 Å². The van der Waals surface area contributed by atoms with Crippen LogP contribution in [0.1, 0.15) is 5.56 Å². The van der Waals surface area contributed by atoms with Crippen LogP contribution >= 0.6 is 0 Å². The van der Waals surface area contributed by atoms with Crippen LogP contribution in [0.15, 0.2) is 60.8 Å². The van der Waals surface area contributed by atoms with E-state index in [0.717, 1.165) is 16.3 Å². The normalized spacial score (nSPS) is 10.5. The van der Waals surface area contributed by atoms with Crippen molar-refractivity contribution in [3.8, 4) is 5.88 Å². The van der Waals surface area contributed by atoms with Gasteiger partial charge in [0, 0.05) is 12.3 Å². The molecule has 0 atom stereocenters. The van der Waals surface area contributed by atoms with E-state index in [1.54, 1.807) is 0 Å². The Labute approximate surface area is 121 Å². The van der Waals surface area contributed by atoms with Gasteiger partial charge in [0.05, 0.1) is 4.92 Å². The van der Waals surface area contributed by atoms with E-state index in [0.29, 0.717) is 0 Å². The van der Waals surface area contributed by atoms with Crippen molar-refractivity contribution in [2.24, 2.45) is 0 Å². The Morgan fingerprint density at radius 3 is 2.67 bits per heavy atom. The first-order valence-electron chi connectivity index (χ1n) is 6.44. The average Bonchev–Trinajstić information content (AvgIpc) is 2.53. The number of hydrogen-bond acceptors (Lipinski definition) is 4. The molecular formula is C16H12N2O3. The van der Waals surface area contributed by atoms with E-state index in [4.69, 9.17) is 4.74 Å². The number of pyridine rings is 1. The van der Waals surface area contributed by atoms with Crippen molar-refractivity contribution in [2.45, 2.75) is 6.61 Å². The summed E-state index contributed by atoms with van der Waals surface area (Å²) in [5, 5.41) is 13.1. The highest BCUT2D eigenvalue weighted by Gasteiger charge is 2.15. The first-order valence-corrected chi connectivity index (χ1v) is 6.44. The highest BCUT2D eigenvalue weighted by molar-refractivity contribution is 5.82. The minimum atomic E-state index is -0.497. The van der Waals surface area contributed by atoms with Gasteiger partial charge in [0.1, 0.15) is 6.61 Å². The van der Waals surface area contributed by atoms with Gasteiger partial charge in [-0.3, -0.25) is 10.1 Å². The molecule has 1 heterocycles. The summed E-state index contributed by atoms with van der Waals surface area (Å²) in [6, 6.07) is 16.8. The van der Waals surface area contributed by atoms with Crippen molar-refractivity contribution in [1.29, 1.82) is 0 Å². The van der Waals surface area contributed by atoms with Gasteiger partial charge in [-0.2, -0.15) is 0 Å². The fourth-order valence-electron chi connectivity index (χ4n) is 2.11. The van der Waals surface area contributed by atoms with E-state index >= 15 is 0 Å². The highest BCUT2D eigenvalue weighted by atomic mass is 16.6. The fourth-order valence-corrected chi connectivity index (χ4v) is 2.11. The number of benzene rings is 2. The third-order valence-electron chi connectivity index (χ3n) is 3.14. The molecule has 5 heteroatoms. The fraction of sp³-hybridized carbons (Fsp3) is 0.0625. The number of aromatic nitrogens is 1. The van der Waals surface area contributed by atoms with E-state index in [1.807, 2.05) is 42.5 Å². The molecule has 0 N–H and O–H groups in total. The van der Waals surface area contributed by atoms with Crippen LogP contribution in [0.5, 0.6) is 5.88 Å². The predicted octanol–water partition coefficient (Wildman–Crippen LogP) is 3.72. The molecule has 0 fully saturated rings. The van der Waals surface area contributed by atoms with Gasteiger partial charge in [-0.1, -0.05) is 36.4 Å². The Balaban J connectivity index is 1.82. The molecule has 0 saturated carbocycles. The van der Waals surface area contributed by atoms with Crippen molar-refractivity contribution in [2.75, 3.05) is 0 Å². The van der Waals surface area contributed by atoms with Crippen molar-refractivity contribution in [1.82, 2.24) is 4.98 Å². The standard InChI is InChI=1S/C16H12N2O3/c19-18(20)15-6-3-9-17-16(15)21-11-12-7-8-13-4-1-2-5-14(13)10-12/h1-10H,11H2. The summed E-state index contributed by atoms with van der Waals surface area (Å²) in [5.41, 5.74) is 0.812. The molecule has 0 spiro atoms. The number of ether oxygens (including phenoxy) is 1. The van der Waals surface area contributed by atoms with Gasteiger partial charge < -0.3 is 4.74 Å². The molecule has 3 rings (SSSR count). The van der Waals surface area contributed by atoms with Gasteiger partial charge in [0.25, 0.3) is 5.88 Å². The Hall–Kier alpha value is -2.95. The van der Waals surface area contributed by atoms with E-state index < -0.39 is 4.92 Å². The molecule has 104 valence electrons. The number of fused-ring (bicyclic) bond motifs is 1. The van der Waals surface area contributed by atoms with Crippen LogP contribution in [0.25, 0.3) is 10.8 Å². The van der Waals surface area contributed by atoms with Crippen molar-refractivity contribution < 1.29 is 9.66 Å². The summed E-state index contributed by atoms with van der Waals surface area (Å²) in [6.07, 6.45) is 1.47. The molecule has 0 aliphatic carbocycles. The second kappa shape index (κ2) is 5.58. The molecule has 2 aromatic carbocycles. The van der Waals surface area contributed by atoms with Crippen LogP contribution in [-0.4, -0.2) is 9.91 Å². The van der Waals surface area contributed by atoms with Crippen LogP contribution in [0.4, 0.5) is 5.69 Å². The SMILES string of the molecule is O=[N+]([O-])c1cccnc1OCc1ccc2ccccc2c1. The largest absolute Gasteiger partial charge is 0.468 e. The van der Waals surface area contributed by atoms with E-state index in [1.165, 1.54) is 18.3 Å². The summed E-state index contributed by atoms with van der Waals surface area (Å²) >= 11 is 0. The monoisotopic (exact) mass is 280 g/mol. The first-order chi connectivity index (χ1) is 10.2. The molecule has 0 bridgehead atoms. The lowest BCUT2D eigenvalue weighted by Crippen LogP contribution is -2.00. The smallest absolute Gasteiger partial charge is 0.330 e. The Morgan fingerprint density at radius 2 is 1.86 bits per heavy atom. The quantitative estimate of drug-likeness (QED) is 0.539. The van der Waals surface area contributed by atoms with Gasteiger partial charge >= 0.3 is 5.69 Å². The lowest BCUT2D eigenvalue weighted by Gasteiger charge is -2.06. The van der Waals surface area contributed by atoms with Crippen LogP contribution in [0.2, 0.25) is 0 Å². The van der Waals surface area contributed by atoms with Gasteiger partial charge in [-0.25, -0.2) is 4.98 Å². The minimum Gasteiger partial charge on any atom is -0.468 e. The predicted molar refractivity (Wildman–Crippen MR) is 79.2 cm³/mol. The second-order valence-electron chi connectivity index (χ2n) is 4.55. The van der Waals surface area contributed by atoms with Gasteiger partial charge in [-0.05, 0) is 28.5 Å². The molecule has 0 saturated heterocycles. The lowest BCUT2D eigenvalue weighted by atomic mass is 10.1. The van der Waals surface area contributed by atoms with E-state index in [-0.39, 0.29) is 18.2 Å². The highest BCUT2D eigenvalue weighted by Crippen LogP contribution is 2.24. The Kier molecular flexibility index (Phi) is 3.47. The zero-order valence-electron chi connectivity index (χ0n) is 11.1. The van der Waals surface area contributed by atoms with Gasteiger partial charge in [0.15, 0.2) is 0 Å². The minimum absolute atomic E-state index is 0.0376. The molecule has 0 amide bonds. The summed E-state index contributed by atoms with van der Waals surface area (Å²) in [4.78, 5) is 14.3. The second-order valence-corrected chi connectivity index (χ2v) is 4.55. The molecule has 0 aliphatic rings. The summed E-state index contributed by atoms with van der Waals surface area (Å²) in [5.74, 6) is 0.0376. The number of nitrogens with zero attached hydrogens (tertiary/aromatic N) is 2. The molecule has 0 radical (unpaired) electrons. The molecule has 5 nitrogen and oxygen atoms in total. The molecular weight excluding hydrogens is 268 g/mol. The Morgan fingerprint density at radius 1 is 1.05 bits per heavy atom. The lowest BCUT2D eigenvalue weighted by molar-refractivity contribution is -0.386. The molecule has 0 aliphatic heterocycles. The zero-order chi connectivity index (χ0) is 14.7. The first kappa shape index (κ1) is 13.1. The molecule has 1 aromatic heterocycles. The Bertz CT molecular complexity index is 802. The summed E-state index contributed by atoms with van der Waals surface area (Å²) < 4.78 is 5.48.